The molecule has 0 aliphatic carbocycles. The highest BCUT2D eigenvalue weighted by atomic mass is 32.2. The lowest BCUT2D eigenvalue weighted by Gasteiger charge is -2.05. The Morgan fingerprint density at radius 1 is 1.23 bits per heavy atom. The minimum atomic E-state index is -3.81. The first-order valence-corrected chi connectivity index (χ1v) is 12.8. The summed E-state index contributed by atoms with van der Waals surface area (Å²) >= 11 is 2.74. The molecule has 0 saturated carbocycles. The van der Waals surface area contributed by atoms with Crippen LogP contribution in [0.5, 0.6) is 0 Å². The molecule has 0 unspecified atom stereocenters. The van der Waals surface area contributed by atoms with E-state index >= 15 is 0 Å². The quantitative estimate of drug-likeness (QED) is 0.411. The molecule has 0 aliphatic rings. The predicted molar refractivity (Wildman–Crippen MR) is 125 cm³/mol. The summed E-state index contributed by atoms with van der Waals surface area (Å²) < 4.78 is 26.2. The topological polar surface area (TPSA) is 120 Å². The van der Waals surface area contributed by atoms with E-state index in [2.05, 4.69) is 27.4 Å². The molecule has 0 saturated heterocycles. The maximum atomic E-state index is 12.5. The van der Waals surface area contributed by atoms with Crippen LogP contribution < -0.4 is 10.5 Å². The molecule has 31 heavy (non-hydrogen) atoms. The van der Waals surface area contributed by atoms with Crippen molar-refractivity contribution in [2.75, 3.05) is 11.1 Å². The lowest BCUT2D eigenvalue weighted by Crippen LogP contribution is -2.14. The highest BCUT2D eigenvalue weighted by Crippen LogP contribution is 2.30. The van der Waals surface area contributed by atoms with Crippen molar-refractivity contribution in [3.8, 4) is 0 Å². The monoisotopic (exact) mass is 475 g/mol. The lowest BCUT2D eigenvalue weighted by molar-refractivity contribution is -0.113. The van der Waals surface area contributed by atoms with Gasteiger partial charge in [0.1, 0.15) is 0 Å². The van der Waals surface area contributed by atoms with Crippen molar-refractivity contribution in [2.24, 2.45) is 5.14 Å². The zero-order chi connectivity index (χ0) is 22.3. The Hall–Kier alpha value is -2.47. The number of hydrogen-bond acceptors (Lipinski definition) is 7. The summed E-state index contributed by atoms with van der Waals surface area (Å²) in [6.07, 6.45) is 0. The summed E-state index contributed by atoms with van der Waals surface area (Å²) in [7, 11) is -3.81. The van der Waals surface area contributed by atoms with Crippen molar-refractivity contribution in [1.82, 2.24) is 14.5 Å². The van der Waals surface area contributed by atoms with Crippen molar-refractivity contribution in [1.29, 1.82) is 0 Å². The predicted octanol–water partition coefficient (Wildman–Crippen LogP) is 3.66. The fourth-order valence-corrected chi connectivity index (χ4v) is 5.86. The van der Waals surface area contributed by atoms with Crippen LogP contribution in [0.1, 0.15) is 18.1 Å². The molecule has 2 aromatic heterocycles. The smallest absolute Gasteiger partial charge is 0.238 e. The molecule has 0 bridgehead atoms. The van der Waals surface area contributed by atoms with E-state index in [0.29, 0.717) is 22.3 Å². The van der Waals surface area contributed by atoms with Gasteiger partial charge in [-0.15, -0.1) is 0 Å². The zero-order valence-corrected chi connectivity index (χ0v) is 19.6. The van der Waals surface area contributed by atoms with Gasteiger partial charge in [0, 0.05) is 6.54 Å². The van der Waals surface area contributed by atoms with Crippen LogP contribution in [-0.2, 0) is 21.4 Å². The Kier molecular flexibility index (Phi) is 5.77. The zero-order valence-electron chi connectivity index (χ0n) is 17.2. The van der Waals surface area contributed by atoms with Crippen molar-refractivity contribution >= 4 is 65.4 Å². The minimum Gasteiger partial charge on any atom is -0.319 e. The Morgan fingerprint density at radius 2 is 2.00 bits per heavy atom. The fourth-order valence-electron chi connectivity index (χ4n) is 3.39. The first kappa shape index (κ1) is 21.8. The molecule has 0 atom stereocenters. The van der Waals surface area contributed by atoms with Gasteiger partial charge < -0.3 is 9.88 Å². The van der Waals surface area contributed by atoms with Crippen LogP contribution in [0, 0.1) is 13.8 Å². The van der Waals surface area contributed by atoms with Crippen LogP contribution in [-0.4, -0.2) is 34.6 Å². The molecule has 4 rings (SSSR count). The molecule has 0 radical (unpaired) electrons. The average Bonchev–Trinajstić information content (AvgIpc) is 3.25. The van der Waals surface area contributed by atoms with Gasteiger partial charge in [-0.3, -0.25) is 4.79 Å². The third-order valence-corrected chi connectivity index (χ3v) is 7.54. The van der Waals surface area contributed by atoms with E-state index in [1.807, 2.05) is 25.3 Å². The highest BCUT2D eigenvalue weighted by molar-refractivity contribution is 7.99. The number of amides is 1. The average molecular weight is 476 g/mol. The number of nitrogens with zero attached hydrogens (tertiary/aromatic N) is 3. The van der Waals surface area contributed by atoms with E-state index < -0.39 is 10.0 Å². The Balaban J connectivity index is 1.52. The highest BCUT2D eigenvalue weighted by Gasteiger charge is 2.16. The number of thiazole rings is 1. The number of primary sulfonamides is 1. The molecule has 0 spiro atoms. The van der Waals surface area contributed by atoms with Gasteiger partial charge >= 0.3 is 0 Å². The van der Waals surface area contributed by atoms with Gasteiger partial charge in [0.25, 0.3) is 0 Å². The molecule has 4 aromatic rings. The number of thioether (sulfide) groups is 1. The number of nitrogens with one attached hydrogen (secondary N) is 1. The largest absolute Gasteiger partial charge is 0.319 e. The number of rotatable bonds is 6. The molecule has 2 aromatic carbocycles. The number of carbonyl (C=O) groups is 1. The van der Waals surface area contributed by atoms with E-state index in [4.69, 9.17) is 5.14 Å². The number of imidazole rings is 1. The molecule has 0 aliphatic heterocycles. The van der Waals surface area contributed by atoms with E-state index in [9.17, 15) is 13.2 Å². The van der Waals surface area contributed by atoms with Gasteiger partial charge in [-0.1, -0.05) is 29.2 Å². The number of carbonyl (C=O) groups excluding carboxylic acids is 1. The van der Waals surface area contributed by atoms with Gasteiger partial charge in [-0.25, -0.2) is 23.5 Å². The second kappa shape index (κ2) is 8.23. The Bertz CT molecular complexity index is 1420. The van der Waals surface area contributed by atoms with Crippen LogP contribution in [0.15, 0.2) is 40.4 Å². The Labute approximate surface area is 187 Å². The second-order valence-corrected chi connectivity index (χ2v) is 10.7. The summed E-state index contributed by atoms with van der Waals surface area (Å²) in [5.74, 6) is -0.0300. The SMILES string of the molecule is CCn1c(SCC(=O)Nc2nc3c(C)cc(C)cc3s2)nc2cc(S(N)(=O)=O)ccc21. The number of fused-ring (bicyclic) bond motifs is 2. The number of nitrogens with two attached hydrogens (primary N) is 1. The van der Waals surface area contributed by atoms with E-state index in [-0.39, 0.29) is 16.6 Å². The summed E-state index contributed by atoms with van der Waals surface area (Å²) in [6.45, 7) is 6.63. The number of aromatic nitrogens is 3. The van der Waals surface area contributed by atoms with Gasteiger partial charge in [0.05, 0.1) is 31.9 Å². The normalized spacial score (nSPS) is 12.0. The molecular formula is C20H21N5O3S3. The Morgan fingerprint density at radius 3 is 2.71 bits per heavy atom. The maximum Gasteiger partial charge on any atom is 0.238 e. The number of aryl methyl sites for hydroxylation is 3. The van der Waals surface area contributed by atoms with Crippen LogP contribution in [0.2, 0.25) is 0 Å². The van der Waals surface area contributed by atoms with E-state index in [1.54, 1.807) is 6.07 Å². The summed E-state index contributed by atoms with van der Waals surface area (Å²) in [4.78, 5) is 21.6. The van der Waals surface area contributed by atoms with Crippen LogP contribution in [0.4, 0.5) is 5.13 Å². The molecular weight excluding hydrogens is 454 g/mol. The first-order valence-electron chi connectivity index (χ1n) is 9.49. The third-order valence-electron chi connectivity index (χ3n) is 4.74. The summed E-state index contributed by atoms with van der Waals surface area (Å²) in [5.41, 5.74) is 4.45. The van der Waals surface area contributed by atoms with E-state index in [1.165, 1.54) is 35.2 Å². The van der Waals surface area contributed by atoms with Crippen molar-refractivity contribution in [2.45, 2.75) is 37.4 Å². The van der Waals surface area contributed by atoms with Gasteiger partial charge in [0.15, 0.2) is 10.3 Å². The summed E-state index contributed by atoms with van der Waals surface area (Å²) in [5, 5.41) is 9.28. The molecule has 1 amide bonds. The molecule has 3 N–H and O–H groups in total. The van der Waals surface area contributed by atoms with Crippen LogP contribution >= 0.6 is 23.1 Å². The maximum absolute atomic E-state index is 12.5. The van der Waals surface area contributed by atoms with Crippen molar-refractivity contribution in [3.05, 3.63) is 41.5 Å². The van der Waals surface area contributed by atoms with Gasteiger partial charge in [-0.05, 0) is 56.2 Å². The number of sulfonamides is 1. The molecule has 2 heterocycles. The fraction of sp³-hybridized carbons (Fsp3) is 0.250. The van der Waals surface area contributed by atoms with Gasteiger partial charge in [-0.2, -0.15) is 0 Å². The lowest BCUT2D eigenvalue weighted by atomic mass is 10.1. The van der Waals surface area contributed by atoms with Crippen molar-refractivity contribution < 1.29 is 13.2 Å². The number of anilines is 1. The van der Waals surface area contributed by atoms with E-state index in [0.717, 1.165) is 26.9 Å². The summed E-state index contributed by atoms with van der Waals surface area (Å²) in [6, 6.07) is 8.72. The molecule has 0 fully saturated rings. The van der Waals surface area contributed by atoms with Gasteiger partial charge in [0.2, 0.25) is 15.9 Å². The molecule has 11 heteroatoms. The molecule has 8 nitrogen and oxygen atoms in total. The number of hydrogen-bond donors (Lipinski definition) is 2. The molecule has 162 valence electrons. The second-order valence-electron chi connectivity index (χ2n) is 7.12. The van der Waals surface area contributed by atoms with Crippen LogP contribution in [0.3, 0.4) is 0 Å². The third kappa shape index (κ3) is 4.45. The van der Waals surface area contributed by atoms with Crippen LogP contribution in [0.25, 0.3) is 21.3 Å². The number of benzene rings is 2. The van der Waals surface area contributed by atoms with Crippen molar-refractivity contribution in [3.63, 3.8) is 0 Å². The minimum absolute atomic E-state index is 0.0106. The first-order chi connectivity index (χ1) is 14.7. The standard InChI is InChI=1S/C20H21N5O3S3/c1-4-25-15-6-5-13(31(21,27)28)9-14(15)22-20(25)29-10-17(26)23-19-24-18-12(3)7-11(2)8-16(18)30-19/h5-9H,4,10H2,1-3H3,(H2,21,27,28)(H,23,24,26).